The molecule has 1 N–H and O–H groups in total. The summed E-state index contributed by atoms with van der Waals surface area (Å²) in [6.45, 7) is 10.9. The van der Waals surface area contributed by atoms with Gasteiger partial charge in [0.05, 0.1) is 12.3 Å². The van der Waals surface area contributed by atoms with Gasteiger partial charge in [-0.15, -0.1) is 0 Å². The number of ether oxygens (including phenoxy) is 1. The van der Waals surface area contributed by atoms with Crippen LogP contribution in [0.1, 0.15) is 58.4 Å². The van der Waals surface area contributed by atoms with Gasteiger partial charge in [0.1, 0.15) is 5.75 Å². The van der Waals surface area contributed by atoms with E-state index < -0.39 is 0 Å². The van der Waals surface area contributed by atoms with E-state index in [9.17, 15) is 0 Å². The summed E-state index contributed by atoms with van der Waals surface area (Å²) in [5.41, 5.74) is 1.35. The van der Waals surface area contributed by atoms with Gasteiger partial charge >= 0.3 is 0 Å². The molecule has 0 spiro atoms. The van der Waals surface area contributed by atoms with Crippen LogP contribution in [-0.2, 0) is 0 Å². The lowest BCUT2D eigenvalue weighted by Gasteiger charge is -2.21. The molecule has 2 rings (SSSR count). The van der Waals surface area contributed by atoms with Gasteiger partial charge in [0.25, 0.3) is 0 Å². The summed E-state index contributed by atoms with van der Waals surface area (Å²) in [5.74, 6) is 2.99. The van der Waals surface area contributed by atoms with E-state index in [0.717, 1.165) is 24.8 Å². The van der Waals surface area contributed by atoms with E-state index in [1.807, 2.05) is 12.4 Å². The fourth-order valence-corrected chi connectivity index (χ4v) is 3.25. The van der Waals surface area contributed by atoms with Gasteiger partial charge in [0, 0.05) is 6.20 Å². The number of hydrogen-bond donors (Lipinski definition) is 1. The first-order chi connectivity index (χ1) is 10.1. The lowest BCUT2D eigenvalue weighted by Crippen LogP contribution is -2.27. The molecule has 1 heterocycles. The molecule has 3 nitrogen and oxygen atoms in total. The fourth-order valence-electron chi connectivity index (χ4n) is 3.25. The van der Waals surface area contributed by atoms with Crippen LogP contribution in [0, 0.1) is 11.8 Å². The van der Waals surface area contributed by atoms with E-state index in [1.165, 1.54) is 24.8 Å². The summed E-state index contributed by atoms with van der Waals surface area (Å²) in [4.78, 5) is 4.38. The van der Waals surface area contributed by atoms with Gasteiger partial charge in [-0.05, 0) is 69.2 Å². The highest BCUT2D eigenvalue weighted by atomic mass is 16.5. The van der Waals surface area contributed by atoms with Gasteiger partial charge in [-0.1, -0.05) is 20.3 Å². The van der Waals surface area contributed by atoms with E-state index in [2.05, 4.69) is 44.1 Å². The number of hydrogen-bond acceptors (Lipinski definition) is 3. The smallest absolute Gasteiger partial charge is 0.138 e. The van der Waals surface area contributed by atoms with E-state index in [0.29, 0.717) is 11.8 Å². The van der Waals surface area contributed by atoms with Crippen LogP contribution in [-0.4, -0.2) is 24.2 Å². The molecular formula is C18H30N2O. The van der Waals surface area contributed by atoms with Crippen molar-refractivity contribution >= 4 is 0 Å². The van der Waals surface area contributed by atoms with Gasteiger partial charge < -0.3 is 10.1 Å². The van der Waals surface area contributed by atoms with Crippen molar-refractivity contribution in [3.8, 4) is 5.75 Å². The molecule has 0 radical (unpaired) electrons. The fraction of sp³-hybridized carbons (Fsp3) is 0.722. The van der Waals surface area contributed by atoms with E-state index in [4.69, 9.17) is 4.74 Å². The molecular weight excluding hydrogens is 260 g/mol. The molecule has 1 aliphatic carbocycles. The third-order valence-electron chi connectivity index (χ3n) is 4.15. The second kappa shape index (κ2) is 7.79. The maximum atomic E-state index is 5.78. The minimum Gasteiger partial charge on any atom is -0.489 e. The number of pyridine rings is 1. The molecule has 2 unspecified atom stereocenters. The molecule has 1 fully saturated rings. The van der Waals surface area contributed by atoms with Crippen LogP contribution in [0.3, 0.4) is 0 Å². The number of rotatable bonds is 7. The molecule has 2 atom stereocenters. The van der Waals surface area contributed by atoms with Crippen LogP contribution in [0.2, 0.25) is 0 Å². The Kier molecular flexibility index (Phi) is 6.04. The van der Waals surface area contributed by atoms with Crippen molar-refractivity contribution in [2.75, 3.05) is 13.1 Å². The number of aromatic nitrogens is 1. The molecule has 118 valence electrons. The Morgan fingerprint density at radius 3 is 2.76 bits per heavy atom. The zero-order valence-electron chi connectivity index (χ0n) is 13.9. The van der Waals surface area contributed by atoms with Crippen molar-refractivity contribution in [3.63, 3.8) is 0 Å². The molecule has 3 heteroatoms. The Bertz CT molecular complexity index is 431. The monoisotopic (exact) mass is 290 g/mol. The van der Waals surface area contributed by atoms with Crippen molar-refractivity contribution < 1.29 is 4.74 Å². The standard InChI is InChI=1S/C18H30N2O/c1-13(2)9-19-10-15-6-5-7-18(15)16-8-17(12-20-11-16)21-14(3)4/h8,11-15,18-19H,5-7,9-10H2,1-4H3. The Balaban J connectivity index is 1.98. The van der Waals surface area contributed by atoms with Gasteiger partial charge in [-0.25, -0.2) is 0 Å². The van der Waals surface area contributed by atoms with Gasteiger partial charge in [-0.3, -0.25) is 4.98 Å². The van der Waals surface area contributed by atoms with Gasteiger partial charge in [0.15, 0.2) is 0 Å². The highest BCUT2D eigenvalue weighted by molar-refractivity contribution is 5.27. The van der Waals surface area contributed by atoms with Crippen molar-refractivity contribution in [2.24, 2.45) is 11.8 Å². The van der Waals surface area contributed by atoms with Crippen LogP contribution in [0.4, 0.5) is 0 Å². The molecule has 1 aromatic rings. The van der Waals surface area contributed by atoms with E-state index >= 15 is 0 Å². The maximum Gasteiger partial charge on any atom is 0.138 e. The molecule has 1 aromatic heterocycles. The molecule has 21 heavy (non-hydrogen) atoms. The zero-order chi connectivity index (χ0) is 15.2. The molecule has 0 bridgehead atoms. The van der Waals surface area contributed by atoms with Crippen LogP contribution in [0.25, 0.3) is 0 Å². The molecule has 1 aliphatic rings. The van der Waals surface area contributed by atoms with Gasteiger partial charge in [-0.2, -0.15) is 0 Å². The quantitative estimate of drug-likeness (QED) is 0.824. The zero-order valence-corrected chi connectivity index (χ0v) is 13.9. The first-order valence-corrected chi connectivity index (χ1v) is 8.38. The van der Waals surface area contributed by atoms with E-state index in [1.54, 1.807) is 0 Å². The van der Waals surface area contributed by atoms with E-state index in [-0.39, 0.29) is 6.10 Å². The van der Waals surface area contributed by atoms with Crippen molar-refractivity contribution in [2.45, 2.75) is 59.0 Å². The van der Waals surface area contributed by atoms with Crippen LogP contribution in [0.5, 0.6) is 5.75 Å². The summed E-state index contributed by atoms with van der Waals surface area (Å²) < 4.78 is 5.78. The van der Waals surface area contributed by atoms with Crippen LogP contribution >= 0.6 is 0 Å². The highest BCUT2D eigenvalue weighted by Gasteiger charge is 2.28. The Morgan fingerprint density at radius 1 is 1.24 bits per heavy atom. The first kappa shape index (κ1) is 16.3. The molecule has 0 aromatic carbocycles. The normalized spacial score (nSPS) is 22.2. The van der Waals surface area contributed by atoms with Crippen LogP contribution in [0.15, 0.2) is 18.5 Å². The maximum absolute atomic E-state index is 5.78. The topological polar surface area (TPSA) is 34.2 Å². The van der Waals surface area contributed by atoms with Crippen molar-refractivity contribution in [3.05, 3.63) is 24.0 Å². The summed E-state index contributed by atoms with van der Waals surface area (Å²) in [6, 6.07) is 2.19. The van der Waals surface area contributed by atoms with Crippen molar-refractivity contribution in [1.29, 1.82) is 0 Å². The summed E-state index contributed by atoms with van der Waals surface area (Å²) in [7, 11) is 0. The Morgan fingerprint density at radius 2 is 2.05 bits per heavy atom. The minimum absolute atomic E-state index is 0.203. The predicted octanol–water partition coefficient (Wildman–Crippen LogP) is 4.00. The minimum atomic E-state index is 0.203. The van der Waals surface area contributed by atoms with Crippen LogP contribution < -0.4 is 10.1 Å². The largest absolute Gasteiger partial charge is 0.489 e. The average molecular weight is 290 g/mol. The lowest BCUT2D eigenvalue weighted by atomic mass is 9.89. The third kappa shape index (κ3) is 4.99. The number of nitrogens with one attached hydrogen (secondary N) is 1. The number of nitrogens with zero attached hydrogens (tertiary/aromatic N) is 1. The predicted molar refractivity (Wildman–Crippen MR) is 87.8 cm³/mol. The third-order valence-corrected chi connectivity index (χ3v) is 4.15. The molecule has 1 saturated carbocycles. The second-order valence-corrected chi connectivity index (χ2v) is 6.97. The summed E-state index contributed by atoms with van der Waals surface area (Å²) in [5, 5.41) is 3.62. The SMILES string of the molecule is CC(C)CNCC1CCCC1c1cncc(OC(C)C)c1. The second-order valence-electron chi connectivity index (χ2n) is 6.97. The van der Waals surface area contributed by atoms with Gasteiger partial charge in [0.2, 0.25) is 0 Å². The summed E-state index contributed by atoms with van der Waals surface area (Å²) in [6.07, 6.45) is 7.98. The molecule has 0 saturated heterocycles. The molecule has 0 aliphatic heterocycles. The summed E-state index contributed by atoms with van der Waals surface area (Å²) >= 11 is 0. The lowest BCUT2D eigenvalue weighted by molar-refractivity contribution is 0.241. The highest BCUT2D eigenvalue weighted by Crippen LogP contribution is 2.39. The Hall–Kier alpha value is -1.09. The first-order valence-electron chi connectivity index (χ1n) is 8.38. The Labute approximate surface area is 129 Å². The average Bonchev–Trinajstić information content (AvgIpc) is 2.86. The van der Waals surface area contributed by atoms with Crippen molar-refractivity contribution in [1.82, 2.24) is 10.3 Å². The molecule has 0 amide bonds.